The zero-order valence-electron chi connectivity index (χ0n) is 18.1. The lowest BCUT2D eigenvalue weighted by Crippen LogP contribution is -2.33. The fourth-order valence-corrected chi connectivity index (χ4v) is 3.52. The van der Waals surface area contributed by atoms with Gasteiger partial charge in [-0.05, 0) is 49.9 Å². The van der Waals surface area contributed by atoms with E-state index in [1.165, 1.54) is 6.42 Å². The molecule has 0 saturated heterocycles. The number of ether oxygens (including phenoxy) is 1. The maximum absolute atomic E-state index is 12.1. The van der Waals surface area contributed by atoms with Crippen LogP contribution in [-0.2, 0) is 22.6 Å². The Morgan fingerprint density at radius 1 is 1.06 bits per heavy atom. The van der Waals surface area contributed by atoms with Crippen LogP contribution in [0.15, 0.2) is 48.8 Å². The third kappa shape index (κ3) is 9.29. The molecule has 31 heavy (non-hydrogen) atoms. The van der Waals surface area contributed by atoms with Gasteiger partial charge in [0.15, 0.2) is 0 Å². The van der Waals surface area contributed by atoms with E-state index in [0.717, 1.165) is 63.1 Å². The Morgan fingerprint density at radius 3 is 2.48 bits per heavy atom. The van der Waals surface area contributed by atoms with Crippen molar-refractivity contribution < 1.29 is 9.53 Å². The van der Waals surface area contributed by atoms with Gasteiger partial charge in [-0.1, -0.05) is 24.5 Å². The van der Waals surface area contributed by atoms with Crippen LogP contribution >= 0.6 is 0 Å². The molecule has 1 aliphatic carbocycles. The number of nitrogens with one attached hydrogen (secondary N) is 1. The zero-order chi connectivity index (χ0) is 21.6. The number of hydrogen-bond donors (Lipinski definition) is 1. The molecule has 1 aliphatic rings. The van der Waals surface area contributed by atoms with Gasteiger partial charge in [0.05, 0.1) is 11.4 Å². The Bertz CT molecular complexity index is 791. The summed E-state index contributed by atoms with van der Waals surface area (Å²) in [5.74, 6) is 6.20. The second-order valence-corrected chi connectivity index (χ2v) is 7.78. The van der Waals surface area contributed by atoms with Crippen molar-refractivity contribution in [1.82, 2.24) is 20.2 Å². The lowest BCUT2D eigenvalue weighted by molar-refractivity contribution is -0.126. The number of rotatable bonds is 11. The summed E-state index contributed by atoms with van der Waals surface area (Å²) in [5, 5.41) is 2.96. The van der Waals surface area contributed by atoms with E-state index < -0.39 is 0 Å². The van der Waals surface area contributed by atoms with Crippen molar-refractivity contribution in [2.75, 3.05) is 19.7 Å². The average Bonchev–Trinajstić information content (AvgIpc) is 2.77. The number of pyridine rings is 2. The molecule has 1 unspecified atom stereocenters. The SMILES string of the molecule is O=C(COC1C#CCCCCC1)NCCCN(Cc1ccccn1)Cc1ccccn1. The molecule has 6 heteroatoms. The number of amides is 1. The van der Waals surface area contributed by atoms with Crippen molar-refractivity contribution >= 4 is 5.91 Å². The van der Waals surface area contributed by atoms with Crippen molar-refractivity contribution in [3.63, 3.8) is 0 Å². The summed E-state index contributed by atoms with van der Waals surface area (Å²) < 4.78 is 5.70. The summed E-state index contributed by atoms with van der Waals surface area (Å²) in [7, 11) is 0. The van der Waals surface area contributed by atoms with Gasteiger partial charge in [0, 0.05) is 45.0 Å². The van der Waals surface area contributed by atoms with Gasteiger partial charge in [-0.15, -0.1) is 5.92 Å². The van der Waals surface area contributed by atoms with Crippen molar-refractivity contribution in [2.24, 2.45) is 0 Å². The minimum absolute atomic E-state index is 0.0743. The molecule has 0 radical (unpaired) electrons. The normalized spacial score (nSPS) is 16.1. The van der Waals surface area contributed by atoms with Crippen molar-refractivity contribution in [1.29, 1.82) is 0 Å². The van der Waals surface area contributed by atoms with Gasteiger partial charge in [-0.3, -0.25) is 19.7 Å². The molecule has 6 nitrogen and oxygen atoms in total. The third-order valence-corrected chi connectivity index (χ3v) is 5.14. The molecule has 0 saturated carbocycles. The van der Waals surface area contributed by atoms with E-state index in [2.05, 4.69) is 32.0 Å². The van der Waals surface area contributed by atoms with Crippen LogP contribution in [0.5, 0.6) is 0 Å². The second kappa shape index (κ2) is 13.5. The largest absolute Gasteiger partial charge is 0.356 e. The smallest absolute Gasteiger partial charge is 0.246 e. The molecule has 2 aromatic heterocycles. The van der Waals surface area contributed by atoms with Crippen LogP contribution in [0.1, 0.15) is 49.9 Å². The minimum atomic E-state index is -0.113. The third-order valence-electron chi connectivity index (χ3n) is 5.14. The average molecular weight is 421 g/mol. The van der Waals surface area contributed by atoms with Crippen LogP contribution in [0.25, 0.3) is 0 Å². The number of hydrogen-bond acceptors (Lipinski definition) is 5. The monoisotopic (exact) mass is 420 g/mol. The molecule has 2 heterocycles. The lowest BCUT2D eigenvalue weighted by Gasteiger charge is -2.21. The van der Waals surface area contributed by atoms with Gasteiger partial charge in [-0.2, -0.15) is 0 Å². The quantitative estimate of drug-likeness (QED) is 0.446. The Kier molecular flexibility index (Phi) is 10.0. The van der Waals surface area contributed by atoms with Crippen LogP contribution in [0.3, 0.4) is 0 Å². The summed E-state index contributed by atoms with van der Waals surface area (Å²) in [6.07, 6.45) is 9.67. The lowest BCUT2D eigenvalue weighted by atomic mass is 10.1. The Hall–Kier alpha value is -2.75. The molecule has 0 bridgehead atoms. The zero-order valence-corrected chi connectivity index (χ0v) is 18.1. The Morgan fingerprint density at radius 2 is 1.81 bits per heavy atom. The molecule has 3 rings (SSSR count). The highest BCUT2D eigenvalue weighted by Gasteiger charge is 2.11. The van der Waals surface area contributed by atoms with E-state index >= 15 is 0 Å². The highest BCUT2D eigenvalue weighted by atomic mass is 16.5. The molecular formula is C25H32N4O2. The van der Waals surface area contributed by atoms with Gasteiger partial charge in [-0.25, -0.2) is 0 Å². The summed E-state index contributed by atoms with van der Waals surface area (Å²) in [4.78, 5) is 23.3. The Balaban J connectivity index is 1.40. The first-order valence-electron chi connectivity index (χ1n) is 11.2. The highest BCUT2D eigenvalue weighted by molar-refractivity contribution is 5.77. The molecule has 1 atom stereocenters. The standard InChI is InChI=1S/C25H32N4O2/c30-25(21-31-24-13-4-2-1-3-5-14-24)28-17-10-18-29(19-22-11-6-8-15-26-22)20-23-12-7-9-16-27-23/h6-9,11-12,15-16,24H,1-4,10,13,17-21H2,(H,28,30). The first-order valence-corrected chi connectivity index (χ1v) is 11.2. The minimum Gasteiger partial charge on any atom is -0.356 e. The molecule has 1 amide bonds. The topological polar surface area (TPSA) is 67.3 Å². The molecular weight excluding hydrogens is 388 g/mol. The molecule has 0 fully saturated rings. The van der Waals surface area contributed by atoms with E-state index in [-0.39, 0.29) is 18.6 Å². The first kappa shape index (κ1) is 22.9. The number of aromatic nitrogens is 2. The Labute approximate surface area is 185 Å². The van der Waals surface area contributed by atoms with Crippen LogP contribution in [0.4, 0.5) is 0 Å². The molecule has 0 spiro atoms. The van der Waals surface area contributed by atoms with Crippen LogP contribution in [0.2, 0.25) is 0 Å². The summed E-state index contributed by atoms with van der Waals surface area (Å²) in [6, 6.07) is 11.9. The fourth-order valence-electron chi connectivity index (χ4n) is 3.52. The predicted octanol–water partition coefficient (Wildman–Crippen LogP) is 3.34. The number of nitrogens with zero attached hydrogens (tertiary/aromatic N) is 3. The van der Waals surface area contributed by atoms with Crippen molar-refractivity contribution in [3.05, 3.63) is 60.2 Å². The van der Waals surface area contributed by atoms with Gasteiger partial charge >= 0.3 is 0 Å². The fraction of sp³-hybridized carbons (Fsp3) is 0.480. The highest BCUT2D eigenvalue weighted by Crippen LogP contribution is 2.11. The van der Waals surface area contributed by atoms with Crippen molar-refractivity contribution in [3.8, 4) is 11.8 Å². The second-order valence-electron chi connectivity index (χ2n) is 7.78. The van der Waals surface area contributed by atoms with Crippen molar-refractivity contribution in [2.45, 2.75) is 57.7 Å². The van der Waals surface area contributed by atoms with E-state index in [1.807, 2.05) is 48.8 Å². The first-order chi connectivity index (χ1) is 15.3. The van der Waals surface area contributed by atoms with Crippen LogP contribution < -0.4 is 5.32 Å². The molecule has 0 aliphatic heterocycles. The molecule has 164 valence electrons. The number of carbonyl (C=O) groups is 1. The van der Waals surface area contributed by atoms with Crippen LogP contribution in [0, 0.1) is 11.8 Å². The summed E-state index contributed by atoms with van der Waals surface area (Å²) in [5.41, 5.74) is 2.05. The maximum Gasteiger partial charge on any atom is 0.246 e. The van der Waals surface area contributed by atoms with E-state index in [0.29, 0.717) is 6.54 Å². The van der Waals surface area contributed by atoms with E-state index in [1.54, 1.807) is 0 Å². The summed E-state index contributed by atoms with van der Waals surface area (Å²) >= 11 is 0. The van der Waals surface area contributed by atoms with E-state index in [4.69, 9.17) is 4.74 Å². The molecule has 1 N–H and O–H groups in total. The number of carbonyl (C=O) groups excluding carboxylic acids is 1. The van der Waals surface area contributed by atoms with E-state index in [9.17, 15) is 4.79 Å². The molecule has 0 aromatic carbocycles. The molecule has 2 aromatic rings. The maximum atomic E-state index is 12.1. The van der Waals surface area contributed by atoms with Gasteiger partial charge in [0.25, 0.3) is 0 Å². The van der Waals surface area contributed by atoms with Gasteiger partial charge < -0.3 is 10.1 Å². The van der Waals surface area contributed by atoms with Crippen LogP contribution in [-0.4, -0.2) is 46.6 Å². The van der Waals surface area contributed by atoms with Gasteiger partial charge in [0.1, 0.15) is 12.7 Å². The van der Waals surface area contributed by atoms with Gasteiger partial charge in [0.2, 0.25) is 5.91 Å². The summed E-state index contributed by atoms with van der Waals surface area (Å²) in [6.45, 7) is 3.01. The predicted molar refractivity (Wildman–Crippen MR) is 121 cm³/mol.